The Balaban J connectivity index is 1.92. The molecule has 0 aliphatic carbocycles. The molecule has 0 unspecified atom stereocenters. The van der Waals surface area contributed by atoms with Crippen LogP contribution in [0.4, 0.5) is 5.82 Å². The Bertz CT molecular complexity index is 930. The van der Waals surface area contributed by atoms with Gasteiger partial charge in [-0.05, 0) is 37.6 Å². The molecule has 2 aromatic rings. The standard InChI is InChI=1S/C20H20N4O2/c1-24-13-7-8-16(24)18-15(9-13)23-19(22)14(10-21)17(18)11-3-5-12(6-4-11)20(25)26-2/h3-6,13,16H,7-9H2,1-2H3,(H2,22,23)/t13-,16+/m0/s1. The van der Waals surface area contributed by atoms with E-state index in [0.29, 0.717) is 17.2 Å². The predicted octanol–water partition coefficient (Wildman–Crippen LogP) is 2.68. The minimum Gasteiger partial charge on any atom is -0.465 e. The molecule has 26 heavy (non-hydrogen) atoms. The molecule has 6 heteroatoms. The lowest BCUT2D eigenvalue weighted by Crippen LogP contribution is -2.35. The van der Waals surface area contributed by atoms with E-state index >= 15 is 0 Å². The number of nitriles is 1. The second-order valence-corrected chi connectivity index (χ2v) is 6.90. The van der Waals surface area contributed by atoms with Gasteiger partial charge in [-0.2, -0.15) is 5.26 Å². The molecule has 0 spiro atoms. The number of rotatable bonds is 2. The highest BCUT2D eigenvalue weighted by Crippen LogP contribution is 2.47. The number of esters is 1. The number of likely N-dealkylation sites (N-methyl/N-ethyl adjacent to an activating group) is 1. The molecular weight excluding hydrogens is 328 g/mol. The van der Waals surface area contributed by atoms with Crippen LogP contribution in [-0.4, -0.2) is 36.1 Å². The summed E-state index contributed by atoms with van der Waals surface area (Å²) in [6.07, 6.45) is 3.03. The van der Waals surface area contributed by atoms with E-state index in [4.69, 9.17) is 10.5 Å². The quantitative estimate of drug-likeness (QED) is 0.839. The van der Waals surface area contributed by atoms with Gasteiger partial charge in [-0.25, -0.2) is 9.78 Å². The highest BCUT2D eigenvalue weighted by atomic mass is 16.5. The number of ether oxygens (including phenoxy) is 1. The van der Waals surface area contributed by atoms with Gasteiger partial charge in [-0.15, -0.1) is 0 Å². The first-order valence-corrected chi connectivity index (χ1v) is 8.68. The van der Waals surface area contributed by atoms with Gasteiger partial charge < -0.3 is 10.5 Å². The zero-order chi connectivity index (χ0) is 18.4. The zero-order valence-electron chi connectivity index (χ0n) is 14.8. The van der Waals surface area contributed by atoms with E-state index in [9.17, 15) is 10.1 Å². The van der Waals surface area contributed by atoms with Crippen LogP contribution in [0.25, 0.3) is 11.1 Å². The lowest BCUT2D eigenvalue weighted by molar-refractivity contribution is 0.0601. The molecule has 1 aromatic carbocycles. The summed E-state index contributed by atoms with van der Waals surface area (Å²) >= 11 is 0. The third kappa shape index (κ3) is 2.36. The number of aromatic nitrogens is 1. The van der Waals surface area contributed by atoms with Crippen LogP contribution >= 0.6 is 0 Å². The van der Waals surface area contributed by atoms with Crippen LogP contribution < -0.4 is 5.73 Å². The summed E-state index contributed by atoms with van der Waals surface area (Å²) < 4.78 is 4.76. The predicted molar refractivity (Wildman–Crippen MR) is 97.4 cm³/mol. The lowest BCUT2D eigenvalue weighted by Gasteiger charge is -2.34. The Labute approximate surface area is 152 Å². The van der Waals surface area contributed by atoms with Gasteiger partial charge in [0.25, 0.3) is 0 Å². The molecule has 132 valence electrons. The second-order valence-electron chi connectivity index (χ2n) is 6.90. The number of pyridine rings is 1. The normalized spacial score (nSPS) is 21.1. The van der Waals surface area contributed by atoms with Crippen molar-refractivity contribution < 1.29 is 9.53 Å². The number of hydrogen-bond donors (Lipinski definition) is 1. The summed E-state index contributed by atoms with van der Waals surface area (Å²) in [7, 11) is 3.49. The Morgan fingerprint density at radius 2 is 2.08 bits per heavy atom. The number of fused-ring (bicyclic) bond motifs is 4. The van der Waals surface area contributed by atoms with Crippen molar-refractivity contribution in [2.45, 2.75) is 31.3 Å². The first-order valence-electron chi connectivity index (χ1n) is 8.68. The van der Waals surface area contributed by atoms with Gasteiger partial charge >= 0.3 is 5.97 Å². The molecule has 3 heterocycles. The number of nitrogen functional groups attached to an aromatic ring is 1. The first-order chi connectivity index (χ1) is 12.5. The number of nitrogens with two attached hydrogens (primary N) is 1. The average molecular weight is 348 g/mol. The van der Waals surface area contributed by atoms with Gasteiger partial charge in [-0.1, -0.05) is 12.1 Å². The van der Waals surface area contributed by atoms with E-state index in [0.717, 1.165) is 41.6 Å². The highest BCUT2D eigenvalue weighted by Gasteiger charge is 2.40. The van der Waals surface area contributed by atoms with Gasteiger partial charge in [0, 0.05) is 35.3 Å². The number of methoxy groups -OCH3 is 1. The van der Waals surface area contributed by atoms with Crippen LogP contribution in [0.1, 0.15) is 46.1 Å². The molecule has 1 saturated heterocycles. The summed E-state index contributed by atoms with van der Waals surface area (Å²) in [6, 6.07) is 10.1. The van der Waals surface area contributed by atoms with Crippen molar-refractivity contribution in [2.24, 2.45) is 0 Å². The maximum absolute atomic E-state index is 11.7. The fraction of sp³-hybridized carbons (Fsp3) is 0.350. The van der Waals surface area contributed by atoms with Crippen LogP contribution in [0.2, 0.25) is 0 Å². The number of benzene rings is 1. The van der Waals surface area contributed by atoms with Crippen LogP contribution in [0, 0.1) is 11.3 Å². The van der Waals surface area contributed by atoms with Crippen LogP contribution in [-0.2, 0) is 11.2 Å². The maximum atomic E-state index is 11.7. The number of carbonyl (C=O) groups excluding carboxylic acids is 1. The van der Waals surface area contributed by atoms with Crippen LogP contribution in [0.3, 0.4) is 0 Å². The molecule has 2 N–H and O–H groups in total. The molecule has 2 bridgehead atoms. The van der Waals surface area contributed by atoms with E-state index in [1.807, 2.05) is 12.1 Å². The van der Waals surface area contributed by atoms with E-state index in [1.54, 1.807) is 12.1 Å². The summed E-state index contributed by atoms with van der Waals surface area (Å²) in [6.45, 7) is 0. The van der Waals surface area contributed by atoms with Crippen molar-refractivity contribution in [3.63, 3.8) is 0 Å². The van der Waals surface area contributed by atoms with E-state index in [1.165, 1.54) is 7.11 Å². The van der Waals surface area contributed by atoms with Crippen molar-refractivity contribution >= 4 is 11.8 Å². The van der Waals surface area contributed by atoms with Gasteiger partial charge in [0.2, 0.25) is 0 Å². The van der Waals surface area contributed by atoms with Crippen molar-refractivity contribution in [2.75, 3.05) is 19.9 Å². The lowest BCUT2D eigenvalue weighted by atomic mass is 9.87. The van der Waals surface area contributed by atoms with Crippen LogP contribution in [0.15, 0.2) is 24.3 Å². The minimum atomic E-state index is -0.383. The average Bonchev–Trinajstić information content (AvgIpc) is 2.89. The summed E-state index contributed by atoms with van der Waals surface area (Å²) in [5.74, 6) is -0.103. The van der Waals surface area contributed by atoms with E-state index in [-0.39, 0.29) is 17.8 Å². The molecule has 0 saturated carbocycles. The number of hydrogen-bond acceptors (Lipinski definition) is 6. The van der Waals surface area contributed by atoms with Crippen molar-refractivity contribution in [1.29, 1.82) is 5.26 Å². The second kappa shape index (κ2) is 6.11. The zero-order valence-corrected chi connectivity index (χ0v) is 14.8. The third-order valence-electron chi connectivity index (χ3n) is 5.65. The number of nitrogens with zero attached hydrogens (tertiary/aromatic N) is 3. The molecule has 0 amide bonds. The Hall–Kier alpha value is -2.91. The van der Waals surface area contributed by atoms with Crippen molar-refractivity contribution in [3.05, 3.63) is 46.6 Å². The molecule has 2 aliphatic rings. The smallest absolute Gasteiger partial charge is 0.337 e. The van der Waals surface area contributed by atoms with Gasteiger partial charge in [0.15, 0.2) is 0 Å². The number of carbonyl (C=O) groups is 1. The molecular formula is C20H20N4O2. The van der Waals surface area contributed by atoms with Gasteiger partial charge in [0.1, 0.15) is 17.5 Å². The van der Waals surface area contributed by atoms with Gasteiger partial charge in [0.05, 0.1) is 12.7 Å². The third-order valence-corrected chi connectivity index (χ3v) is 5.65. The summed E-state index contributed by atoms with van der Waals surface area (Å²) in [4.78, 5) is 18.6. The molecule has 1 aromatic heterocycles. The minimum absolute atomic E-state index is 0.249. The maximum Gasteiger partial charge on any atom is 0.337 e. The van der Waals surface area contributed by atoms with E-state index in [2.05, 4.69) is 23.0 Å². The van der Waals surface area contributed by atoms with Gasteiger partial charge in [-0.3, -0.25) is 4.90 Å². The molecule has 1 fully saturated rings. The largest absolute Gasteiger partial charge is 0.465 e. The van der Waals surface area contributed by atoms with Crippen molar-refractivity contribution in [1.82, 2.24) is 9.88 Å². The fourth-order valence-electron chi connectivity index (χ4n) is 4.32. The highest BCUT2D eigenvalue weighted by molar-refractivity contribution is 5.90. The summed E-state index contributed by atoms with van der Waals surface area (Å²) in [5.41, 5.74) is 10.8. The SMILES string of the molecule is COC(=O)c1ccc(-c2c(C#N)c(N)nc3c2[C@H]2CC[C@@H](C3)N2C)cc1. The van der Waals surface area contributed by atoms with Crippen molar-refractivity contribution in [3.8, 4) is 17.2 Å². The molecule has 4 rings (SSSR count). The molecule has 6 nitrogen and oxygen atoms in total. The van der Waals surface area contributed by atoms with Crippen LogP contribution in [0.5, 0.6) is 0 Å². The van der Waals surface area contributed by atoms with E-state index < -0.39 is 0 Å². The Kier molecular flexibility index (Phi) is 3.89. The first kappa shape index (κ1) is 16.6. The fourth-order valence-corrected chi connectivity index (χ4v) is 4.32. The Morgan fingerprint density at radius 1 is 1.35 bits per heavy atom. The topological polar surface area (TPSA) is 92.2 Å². The molecule has 0 radical (unpaired) electrons. The molecule has 2 atom stereocenters. The summed E-state index contributed by atoms with van der Waals surface area (Å²) in [5, 5.41) is 9.72. The molecule has 2 aliphatic heterocycles. The number of anilines is 1. The Morgan fingerprint density at radius 3 is 2.73 bits per heavy atom. The monoisotopic (exact) mass is 348 g/mol.